The minimum atomic E-state index is -0.781. The van der Waals surface area contributed by atoms with Gasteiger partial charge in [0.1, 0.15) is 5.82 Å². The molecular weight excluding hydrogens is 259 g/mol. The Morgan fingerprint density at radius 2 is 2.15 bits per heavy atom. The summed E-state index contributed by atoms with van der Waals surface area (Å²) in [6.45, 7) is 5.44. The molecule has 1 aliphatic heterocycles. The molecule has 2 rings (SSSR count). The molecule has 1 unspecified atom stereocenters. The molecule has 1 heterocycles. The van der Waals surface area contributed by atoms with E-state index < -0.39 is 5.97 Å². The fourth-order valence-electron chi connectivity index (χ4n) is 2.70. The van der Waals surface area contributed by atoms with Crippen molar-refractivity contribution in [2.45, 2.75) is 19.4 Å². The van der Waals surface area contributed by atoms with Crippen LogP contribution in [0.15, 0.2) is 24.3 Å². The Labute approximate surface area is 118 Å². The number of carboxylic acids is 1. The Morgan fingerprint density at radius 3 is 2.85 bits per heavy atom. The van der Waals surface area contributed by atoms with E-state index in [1.54, 1.807) is 12.1 Å². The second-order valence-corrected chi connectivity index (χ2v) is 5.29. The van der Waals surface area contributed by atoms with Gasteiger partial charge in [0.05, 0.1) is 6.54 Å². The minimum Gasteiger partial charge on any atom is -0.480 e. The predicted molar refractivity (Wildman–Crippen MR) is 75.1 cm³/mol. The number of halogens is 1. The first-order valence-corrected chi connectivity index (χ1v) is 7.00. The van der Waals surface area contributed by atoms with Crippen molar-refractivity contribution in [3.63, 3.8) is 0 Å². The maximum atomic E-state index is 13.3. The van der Waals surface area contributed by atoms with Crippen molar-refractivity contribution in [2.75, 3.05) is 32.7 Å². The standard InChI is InChI=1S/C15H21FN2O2/c1-12(13-4-2-5-14(16)10-13)18-7-3-6-17(8-9-18)11-15(19)20/h2,4-5,10,12H,3,6-9,11H2,1H3,(H,19,20). The largest absolute Gasteiger partial charge is 0.480 e. The second-order valence-electron chi connectivity index (χ2n) is 5.29. The molecular formula is C15H21FN2O2. The number of carboxylic acid groups (broad SMARTS) is 1. The first-order valence-electron chi connectivity index (χ1n) is 7.00. The van der Waals surface area contributed by atoms with Crippen LogP contribution >= 0.6 is 0 Å². The van der Waals surface area contributed by atoms with Gasteiger partial charge in [0.15, 0.2) is 0 Å². The van der Waals surface area contributed by atoms with Crippen LogP contribution in [0.1, 0.15) is 24.9 Å². The molecule has 0 aromatic heterocycles. The molecule has 1 N–H and O–H groups in total. The quantitative estimate of drug-likeness (QED) is 0.916. The van der Waals surface area contributed by atoms with Crippen LogP contribution in [0, 0.1) is 5.82 Å². The summed E-state index contributed by atoms with van der Waals surface area (Å²) in [5.74, 6) is -0.992. The third-order valence-electron chi connectivity index (χ3n) is 3.86. The Kier molecular flexibility index (Phi) is 5.09. The van der Waals surface area contributed by atoms with Crippen molar-refractivity contribution >= 4 is 5.97 Å². The lowest BCUT2D eigenvalue weighted by atomic mass is 10.1. The lowest BCUT2D eigenvalue weighted by Crippen LogP contribution is -2.35. The monoisotopic (exact) mass is 280 g/mol. The molecule has 1 saturated heterocycles. The van der Waals surface area contributed by atoms with Crippen LogP contribution in [0.3, 0.4) is 0 Å². The van der Waals surface area contributed by atoms with Crippen LogP contribution in [0.25, 0.3) is 0 Å². The van der Waals surface area contributed by atoms with E-state index in [2.05, 4.69) is 11.8 Å². The van der Waals surface area contributed by atoms with Crippen LogP contribution in [-0.2, 0) is 4.79 Å². The maximum Gasteiger partial charge on any atom is 0.317 e. The third-order valence-corrected chi connectivity index (χ3v) is 3.86. The highest BCUT2D eigenvalue weighted by Crippen LogP contribution is 2.22. The van der Waals surface area contributed by atoms with E-state index in [-0.39, 0.29) is 18.4 Å². The van der Waals surface area contributed by atoms with Gasteiger partial charge >= 0.3 is 5.97 Å². The highest BCUT2D eigenvalue weighted by molar-refractivity contribution is 5.69. The first kappa shape index (κ1) is 14.9. The molecule has 0 bridgehead atoms. The van der Waals surface area contributed by atoms with Gasteiger partial charge in [-0.2, -0.15) is 0 Å². The highest BCUT2D eigenvalue weighted by Gasteiger charge is 2.21. The summed E-state index contributed by atoms with van der Waals surface area (Å²) in [6, 6.07) is 6.84. The number of aliphatic carboxylic acids is 1. The van der Waals surface area contributed by atoms with Crippen molar-refractivity contribution in [1.29, 1.82) is 0 Å². The van der Waals surface area contributed by atoms with Gasteiger partial charge < -0.3 is 5.11 Å². The van der Waals surface area contributed by atoms with Crippen molar-refractivity contribution in [3.8, 4) is 0 Å². The van der Waals surface area contributed by atoms with E-state index in [0.29, 0.717) is 0 Å². The van der Waals surface area contributed by atoms with Crippen molar-refractivity contribution in [3.05, 3.63) is 35.6 Å². The molecule has 1 atom stereocenters. The third kappa shape index (κ3) is 4.02. The summed E-state index contributed by atoms with van der Waals surface area (Å²) < 4.78 is 13.3. The Bertz CT molecular complexity index is 467. The van der Waals surface area contributed by atoms with Crippen molar-refractivity contribution < 1.29 is 14.3 Å². The van der Waals surface area contributed by atoms with E-state index >= 15 is 0 Å². The normalized spacial score (nSPS) is 19.5. The Morgan fingerprint density at radius 1 is 1.35 bits per heavy atom. The van der Waals surface area contributed by atoms with Crippen LogP contribution in [0.5, 0.6) is 0 Å². The van der Waals surface area contributed by atoms with Crippen molar-refractivity contribution in [2.24, 2.45) is 0 Å². The van der Waals surface area contributed by atoms with Gasteiger partial charge in [-0.05, 0) is 31.0 Å². The maximum absolute atomic E-state index is 13.3. The number of hydrogen-bond donors (Lipinski definition) is 1. The molecule has 20 heavy (non-hydrogen) atoms. The van der Waals surface area contributed by atoms with Gasteiger partial charge in [-0.3, -0.25) is 14.6 Å². The van der Waals surface area contributed by atoms with Gasteiger partial charge in [-0.1, -0.05) is 12.1 Å². The predicted octanol–water partition coefficient (Wildman–Crippen LogP) is 1.98. The van der Waals surface area contributed by atoms with Gasteiger partial charge in [-0.25, -0.2) is 4.39 Å². The number of carbonyl (C=O) groups is 1. The van der Waals surface area contributed by atoms with Gasteiger partial charge in [0.2, 0.25) is 0 Å². The molecule has 1 aromatic carbocycles. The summed E-state index contributed by atoms with van der Waals surface area (Å²) in [5.41, 5.74) is 0.969. The molecule has 0 spiro atoms. The molecule has 4 nitrogen and oxygen atoms in total. The summed E-state index contributed by atoms with van der Waals surface area (Å²) in [4.78, 5) is 15.0. The smallest absolute Gasteiger partial charge is 0.317 e. The molecule has 1 aromatic rings. The van der Waals surface area contributed by atoms with Crippen LogP contribution in [0.2, 0.25) is 0 Å². The van der Waals surface area contributed by atoms with Gasteiger partial charge in [-0.15, -0.1) is 0 Å². The van der Waals surface area contributed by atoms with E-state index in [1.807, 2.05) is 11.0 Å². The molecule has 0 aliphatic carbocycles. The summed E-state index contributed by atoms with van der Waals surface area (Å²) >= 11 is 0. The lowest BCUT2D eigenvalue weighted by Gasteiger charge is -2.28. The Hall–Kier alpha value is -1.46. The SMILES string of the molecule is CC(c1cccc(F)c1)N1CCCN(CC(=O)O)CC1. The fraction of sp³-hybridized carbons (Fsp3) is 0.533. The average molecular weight is 280 g/mol. The zero-order valence-corrected chi connectivity index (χ0v) is 11.8. The number of benzene rings is 1. The minimum absolute atomic E-state index is 0.0994. The van der Waals surface area contributed by atoms with E-state index in [0.717, 1.165) is 38.2 Å². The summed E-state index contributed by atoms with van der Waals surface area (Å²) in [7, 11) is 0. The number of nitrogens with zero attached hydrogens (tertiary/aromatic N) is 2. The average Bonchev–Trinajstić information content (AvgIpc) is 2.63. The molecule has 0 saturated carbocycles. The van der Waals surface area contributed by atoms with Crippen molar-refractivity contribution in [1.82, 2.24) is 9.80 Å². The van der Waals surface area contributed by atoms with Crippen LogP contribution in [0.4, 0.5) is 4.39 Å². The molecule has 0 radical (unpaired) electrons. The summed E-state index contributed by atoms with van der Waals surface area (Å²) in [5, 5.41) is 8.84. The highest BCUT2D eigenvalue weighted by atomic mass is 19.1. The molecule has 110 valence electrons. The summed E-state index contributed by atoms with van der Waals surface area (Å²) in [6.07, 6.45) is 0.937. The number of hydrogen-bond acceptors (Lipinski definition) is 3. The van der Waals surface area contributed by atoms with Gasteiger partial charge in [0, 0.05) is 32.2 Å². The van der Waals surface area contributed by atoms with E-state index in [4.69, 9.17) is 5.11 Å². The van der Waals surface area contributed by atoms with Crippen LogP contribution in [-0.4, -0.2) is 53.6 Å². The molecule has 1 aliphatic rings. The zero-order valence-electron chi connectivity index (χ0n) is 11.8. The molecule has 0 amide bonds. The second kappa shape index (κ2) is 6.81. The molecule has 1 fully saturated rings. The first-order chi connectivity index (χ1) is 9.56. The van der Waals surface area contributed by atoms with Gasteiger partial charge in [0.25, 0.3) is 0 Å². The Balaban J connectivity index is 1.97. The van der Waals surface area contributed by atoms with E-state index in [1.165, 1.54) is 6.07 Å². The topological polar surface area (TPSA) is 43.8 Å². The number of rotatable bonds is 4. The van der Waals surface area contributed by atoms with Crippen LogP contribution < -0.4 is 0 Å². The zero-order chi connectivity index (χ0) is 14.5. The van der Waals surface area contributed by atoms with E-state index in [9.17, 15) is 9.18 Å². The molecule has 5 heteroatoms. The fourth-order valence-corrected chi connectivity index (χ4v) is 2.70. The lowest BCUT2D eigenvalue weighted by molar-refractivity contribution is -0.138.